The summed E-state index contributed by atoms with van der Waals surface area (Å²) in [4.78, 5) is 0. The first-order valence-corrected chi connectivity index (χ1v) is 3.76. The molecule has 66 valence electrons. The quantitative estimate of drug-likeness (QED) is 0.736. The average Bonchev–Trinajstić information content (AvgIpc) is 2.04. The number of benzene rings is 1. The van der Waals surface area contributed by atoms with Crippen molar-refractivity contribution >= 4 is 24.0 Å². The van der Waals surface area contributed by atoms with Gasteiger partial charge in [0.25, 0.3) is 0 Å². The van der Waals surface area contributed by atoms with Crippen LogP contribution in [-0.2, 0) is 0 Å². The van der Waals surface area contributed by atoms with Crippen LogP contribution in [0.1, 0.15) is 11.6 Å². The molecule has 0 aliphatic heterocycles. The molecule has 1 aromatic carbocycles. The van der Waals surface area contributed by atoms with Gasteiger partial charge >= 0.3 is 0 Å². The molecule has 1 aromatic rings. The van der Waals surface area contributed by atoms with Crippen LogP contribution in [0.4, 0.5) is 0 Å². The molecule has 0 spiro atoms. The van der Waals surface area contributed by atoms with Gasteiger partial charge in [0.15, 0.2) is 0 Å². The maximum absolute atomic E-state index is 5.87. The van der Waals surface area contributed by atoms with Crippen LogP contribution in [0.3, 0.4) is 0 Å². The summed E-state index contributed by atoms with van der Waals surface area (Å²) < 4.78 is 0. The van der Waals surface area contributed by atoms with Gasteiger partial charge in [-0.25, -0.2) is 0 Å². The highest BCUT2D eigenvalue weighted by atomic mass is 35.5. The maximum atomic E-state index is 5.87. The molecule has 0 aliphatic carbocycles. The first-order valence-electron chi connectivity index (χ1n) is 3.38. The maximum Gasteiger partial charge on any atom is 0.0493 e. The predicted octanol–water partition coefficient (Wildman–Crippen LogP) is 2.95. The van der Waals surface area contributed by atoms with Gasteiger partial charge in [-0.05, 0) is 11.6 Å². The number of hydrogen-bond acceptors (Lipinski definition) is 1. The third kappa shape index (κ3) is 2.52. The SMILES string of the molecule is C=C[C@H](N)c1ccccc1Cl.Cl. The standard InChI is InChI=1S/C9H10ClN.ClH/c1-2-9(11)7-5-3-4-6-8(7)10;/h2-6,9H,1,11H2;1H/t9-;/m0./s1. The average molecular weight is 204 g/mol. The molecule has 0 saturated carbocycles. The molecule has 0 bridgehead atoms. The highest BCUT2D eigenvalue weighted by Gasteiger charge is 2.03. The van der Waals surface area contributed by atoms with Crippen LogP contribution in [0.5, 0.6) is 0 Å². The zero-order valence-electron chi connectivity index (χ0n) is 6.53. The van der Waals surface area contributed by atoms with Gasteiger partial charge in [-0.1, -0.05) is 35.9 Å². The smallest absolute Gasteiger partial charge is 0.0493 e. The van der Waals surface area contributed by atoms with Crippen LogP contribution in [0.25, 0.3) is 0 Å². The lowest BCUT2D eigenvalue weighted by molar-refractivity contribution is 0.915. The van der Waals surface area contributed by atoms with E-state index in [1.807, 2.05) is 24.3 Å². The lowest BCUT2D eigenvalue weighted by atomic mass is 10.1. The molecule has 0 radical (unpaired) electrons. The van der Waals surface area contributed by atoms with Gasteiger partial charge in [-0.2, -0.15) is 0 Å². The zero-order valence-corrected chi connectivity index (χ0v) is 8.11. The second kappa shape index (κ2) is 5.20. The molecule has 12 heavy (non-hydrogen) atoms. The Balaban J connectivity index is 0.00000121. The van der Waals surface area contributed by atoms with Crippen LogP contribution in [-0.4, -0.2) is 0 Å². The van der Waals surface area contributed by atoms with E-state index in [-0.39, 0.29) is 18.4 Å². The summed E-state index contributed by atoms with van der Waals surface area (Å²) in [5.74, 6) is 0. The summed E-state index contributed by atoms with van der Waals surface area (Å²) >= 11 is 5.87. The van der Waals surface area contributed by atoms with Crippen molar-refractivity contribution in [3.05, 3.63) is 47.5 Å². The van der Waals surface area contributed by atoms with E-state index in [1.54, 1.807) is 6.08 Å². The van der Waals surface area contributed by atoms with Gasteiger partial charge in [0.2, 0.25) is 0 Å². The molecule has 0 heterocycles. The first kappa shape index (κ1) is 11.5. The third-order valence-corrected chi connectivity index (χ3v) is 1.86. The molecule has 3 heteroatoms. The zero-order chi connectivity index (χ0) is 8.27. The van der Waals surface area contributed by atoms with Gasteiger partial charge in [-0.15, -0.1) is 19.0 Å². The molecule has 0 aromatic heterocycles. The summed E-state index contributed by atoms with van der Waals surface area (Å²) in [7, 11) is 0. The van der Waals surface area contributed by atoms with E-state index < -0.39 is 0 Å². The summed E-state index contributed by atoms with van der Waals surface area (Å²) in [5, 5.41) is 0.694. The summed E-state index contributed by atoms with van der Waals surface area (Å²) in [6.07, 6.45) is 1.67. The van der Waals surface area contributed by atoms with E-state index in [0.29, 0.717) is 5.02 Å². The molecular weight excluding hydrogens is 193 g/mol. The predicted molar refractivity (Wildman–Crippen MR) is 55.8 cm³/mol. The fraction of sp³-hybridized carbons (Fsp3) is 0.111. The fourth-order valence-electron chi connectivity index (χ4n) is 0.872. The van der Waals surface area contributed by atoms with Crippen molar-refractivity contribution in [2.75, 3.05) is 0 Å². The molecule has 1 nitrogen and oxygen atoms in total. The van der Waals surface area contributed by atoms with Crippen molar-refractivity contribution in [1.82, 2.24) is 0 Å². The van der Waals surface area contributed by atoms with Crippen LogP contribution >= 0.6 is 24.0 Å². The van der Waals surface area contributed by atoms with Gasteiger partial charge in [0.1, 0.15) is 0 Å². The highest BCUT2D eigenvalue weighted by molar-refractivity contribution is 6.31. The lowest BCUT2D eigenvalue weighted by Crippen LogP contribution is -2.06. The Labute approximate surface area is 83.6 Å². The molecular formula is C9H11Cl2N. The Bertz CT molecular complexity index is 260. The first-order chi connectivity index (χ1) is 5.25. The molecule has 0 saturated heterocycles. The lowest BCUT2D eigenvalue weighted by Gasteiger charge is -2.07. The molecule has 0 fully saturated rings. The number of rotatable bonds is 2. The van der Waals surface area contributed by atoms with Crippen molar-refractivity contribution in [2.24, 2.45) is 5.73 Å². The van der Waals surface area contributed by atoms with Gasteiger partial charge in [0, 0.05) is 11.1 Å². The monoisotopic (exact) mass is 203 g/mol. The van der Waals surface area contributed by atoms with Crippen LogP contribution < -0.4 is 5.73 Å². The Morgan fingerprint density at radius 2 is 2.00 bits per heavy atom. The molecule has 1 rings (SSSR count). The van der Waals surface area contributed by atoms with Crippen molar-refractivity contribution in [3.63, 3.8) is 0 Å². The minimum absolute atomic E-state index is 0. The van der Waals surface area contributed by atoms with Gasteiger partial charge < -0.3 is 5.73 Å². The van der Waals surface area contributed by atoms with Gasteiger partial charge in [-0.3, -0.25) is 0 Å². The fourth-order valence-corrected chi connectivity index (χ4v) is 1.13. The Morgan fingerprint density at radius 3 is 2.50 bits per heavy atom. The summed E-state index contributed by atoms with van der Waals surface area (Å²) in [6, 6.07) is 7.34. The van der Waals surface area contributed by atoms with Crippen molar-refractivity contribution < 1.29 is 0 Å². The molecule has 0 unspecified atom stereocenters. The topological polar surface area (TPSA) is 26.0 Å². The molecule has 2 N–H and O–H groups in total. The molecule has 0 amide bonds. The van der Waals surface area contributed by atoms with E-state index in [1.165, 1.54) is 0 Å². The Kier molecular flexibility index (Phi) is 4.98. The minimum atomic E-state index is -0.163. The van der Waals surface area contributed by atoms with Crippen LogP contribution in [0, 0.1) is 0 Å². The molecule has 0 aliphatic rings. The van der Waals surface area contributed by atoms with Crippen LogP contribution in [0.15, 0.2) is 36.9 Å². The number of nitrogens with two attached hydrogens (primary N) is 1. The second-order valence-electron chi connectivity index (χ2n) is 2.28. The van der Waals surface area contributed by atoms with E-state index in [2.05, 4.69) is 6.58 Å². The number of hydrogen-bond donors (Lipinski definition) is 1. The van der Waals surface area contributed by atoms with E-state index in [9.17, 15) is 0 Å². The Morgan fingerprint density at radius 1 is 1.42 bits per heavy atom. The largest absolute Gasteiger partial charge is 0.321 e. The molecule has 1 atom stereocenters. The van der Waals surface area contributed by atoms with Crippen molar-refractivity contribution in [2.45, 2.75) is 6.04 Å². The summed E-state index contributed by atoms with van der Waals surface area (Å²) in [6.45, 7) is 3.59. The van der Waals surface area contributed by atoms with E-state index in [4.69, 9.17) is 17.3 Å². The third-order valence-electron chi connectivity index (χ3n) is 1.52. The normalized spacial score (nSPS) is 11.5. The second-order valence-corrected chi connectivity index (χ2v) is 2.69. The van der Waals surface area contributed by atoms with Gasteiger partial charge in [0.05, 0.1) is 0 Å². The van der Waals surface area contributed by atoms with Crippen molar-refractivity contribution in [3.8, 4) is 0 Å². The number of halogens is 2. The van der Waals surface area contributed by atoms with E-state index >= 15 is 0 Å². The minimum Gasteiger partial charge on any atom is -0.321 e. The highest BCUT2D eigenvalue weighted by Crippen LogP contribution is 2.20. The van der Waals surface area contributed by atoms with Crippen LogP contribution in [0.2, 0.25) is 5.02 Å². The van der Waals surface area contributed by atoms with E-state index in [0.717, 1.165) is 5.56 Å². The summed E-state index contributed by atoms with van der Waals surface area (Å²) in [5.41, 5.74) is 6.61. The van der Waals surface area contributed by atoms with Crippen molar-refractivity contribution in [1.29, 1.82) is 0 Å². The Hall–Kier alpha value is -0.500.